The van der Waals surface area contributed by atoms with E-state index in [0.29, 0.717) is 12.5 Å². The Kier molecular flexibility index (Phi) is 5.60. The summed E-state index contributed by atoms with van der Waals surface area (Å²) in [5.74, 6) is 2.17. The molecule has 0 amide bonds. The molecule has 0 aliphatic heterocycles. The van der Waals surface area contributed by atoms with Crippen molar-refractivity contribution in [2.75, 3.05) is 26.1 Å². The largest absolute Gasteiger partial charge is 0.481 e. The molecule has 0 bridgehead atoms. The molecule has 6 nitrogen and oxygen atoms in total. The van der Waals surface area contributed by atoms with Crippen molar-refractivity contribution in [3.63, 3.8) is 0 Å². The fourth-order valence-electron chi connectivity index (χ4n) is 2.75. The van der Waals surface area contributed by atoms with Crippen molar-refractivity contribution in [2.45, 2.75) is 32.9 Å². The summed E-state index contributed by atoms with van der Waals surface area (Å²) in [5.41, 5.74) is 3.38. The first-order valence-electron chi connectivity index (χ1n) is 7.87. The predicted molar refractivity (Wildman–Crippen MR) is 93.0 cm³/mol. The van der Waals surface area contributed by atoms with E-state index < -0.39 is 0 Å². The molecule has 0 fully saturated rings. The predicted octanol–water partition coefficient (Wildman–Crippen LogP) is 2.30. The molecule has 0 saturated carbocycles. The molecule has 0 unspecified atom stereocenters. The summed E-state index contributed by atoms with van der Waals surface area (Å²) in [7, 11) is 7.62. The number of nitrogens with one attached hydrogen (secondary N) is 1. The van der Waals surface area contributed by atoms with Crippen LogP contribution in [0.4, 0.5) is 5.82 Å². The van der Waals surface area contributed by atoms with Gasteiger partial charge in [0.25, 0.3) is 0 Å². The van der Waals surface area contributed by atoms with E-state index >= 15 is 0 Å². The highest BCUT2D eigenvalue weighted by Gasteiger charge is 2.19. The summed E-state index contributed by atoms with van der Waals surface area (Å²) in [6.45, 7) is 5.76. The maximum atomic E-state index is 5.51. The molecule has 0 aromatic carbocycles. The van der Waals surface area contributed by atoms with Gasteiger partial charge in [0.05, 0.1) is 18.4 Å². The molecule has 1 N–H and O–H groups in total. The van der Waals surface area contributed by atoms with E-state index in [1.165, 1.54) is 5.56 Å². The second-order valence-electron chi connectivity index (χ2n) is 6.14. The van der Waals surface area contributed by atoms with Crippen LogP contribution >= 0.6 is 0 Å². The second kappa shape index (κ2) is 7.46. The molecule has 6 heteroatoms. The zero-order valence-corrected chi connectivity index (χ0v) is 14.9. The van der Waals surface area contributed by atoms with Gasteiger partial charge in [-0.2, -0.15) is 5.10 Å². The van der Waals surface area contributed by atoms with Crippen molar-refractivity contribution in [1.29, 1.82) is 0 Å². The molecule has 0 saturated heterocycles. The maximum absolute atomic E-state index is 5.51. The van der Waals surface area contributed by atoms with Crippen molar-refractivity contribution < 1.29 is 4.74 Å². The highest BCUT2D eigenvalue weighted by Crippen LogP contribution is 2.27. The SMILES string of the molecule is COc1c(CNCc2cccnc2N(C)C)c(C(C)C)nn1C. The van der Waals surface area contributed by atoms with Gasteiger partial charge in [0, 0.05) is 46.0 Å². The average Bonchev–Trinajstić information content (AvgIpc) is 2.83. The smallest absolute Gasteiger partial charge is 0.216 e. The molecule has 2 heterocycles. The minimum Gasteiger partial charge on any atom is -0.481 e. The molecular formula is C17H27N5O. The Labute approximate surface area is 138 Å². The molecule has 0 radical (unpaired) electrons. The third-order valence-corrected chi connectivity index (χ3v) is 3.77. The van der Waals surface area contributed by atoms with Crippen molar-refractivity contribution in [2.24, 2.45) is 7.05 Å². The number of methoxy groups -OCH3 is 1. The van der Waals surface area contributed by atoms with Crippen LogP contribution in [0.5, 0.6) is 5.88 Å². The standard InChI is InChI=1S/C17H27N5O/c1-12(2)15-14(17(23-6)22(5)20-15)11-18-10-13-8-7-9-19-16(13)21(3)4/h7-9,12,18H,10-11H2,1-6H3. The third-order valence-electron chi connectivity index (χ3n) is 3.77. The van der Waals surface area contributed by atoms with E-state index in [9.17, 15) is 0 Å². The van der Waals surface area contributed by atoms with Gasteiger partial charge >= 0.3 is 0 Å². The summed E-state index contributed by atoms with van der Waals surface area (Å²) >= 11 is 0. The molecule has 0 spiro atoms. The first kappa shape index (κ1) is 17.3. The lowest BCUT2D eigenvalue weighted by Crippen LogP contribution is -2.19. The van der Waals surface area contributed by atoms with Gasteiger partial charge in [-0.05, 0) is 12.0 Å². The molecule has 23 heavy (non-hydrogen) atoms. The van der Waals surface area contributed by atoms with Gasteiger partial charge in [0.2, 0.25) is 5.88 Å². The van der Waals surface area contributed by atoms with Crippen LogP contribution in [0.1, 0.15) is 36.6 Å². The number of rotatable bonds is 7. The summed E-state index contributed by atoms with van der Waals surface area (Å²) in [6.07, 6.45) is 1.82. The summed E-state index contributed by atoms with van der Waals surface area (Å²) < 4.78 is 7.32. The lowest BCUT2D eigenvalue weighted by atomic mass is 10.1. The summed E-state index contributed by atoms with van der Waals surface area (Å²) in [6, 6.07) is 4.06. The number of ether oxygens (including phenoxy) is 1. The van der Waals surface area contributed by atoms with Crippen LogP contribution in [0.25, 0.3) is 0 Å². The van der Waals surface area contributed by atoms with E-state index in [1.54, 1.807) is 7.11 Å². The molecule has 0 aliphatic carbocycles. The number of hydrogen-bond donors (Lipinski definition) is 1. The fourth-order valence-corrected chi connectivity index (χ4v) is 2.75. The normalized spacial score (nSPS) is 11.1. The number of hydrogen-bond acceptors (Lipinski definition) is 5. The fraction of sp³-hybridized carbons (Fsp3) is 0.529. The number of pyridine rings is 1. The van der Waals surface area contributed by atoms with E-state index in [2.05, 4.69) is 35.3 Å². The van der Waals surface area contributed by atoms with E-state index in [4.69, 9.17) is 4.74 Å². The Morgan fingerprint density at radius 1 is 1.30 bits per heavy atom. The first-order chi connectivity index (χ1) is 11.0. The summed E-state index contributed by atoms with van der Waals surface area (Å²) in [4.78, 5) is 6.46. The minimum absolute atomic E-state index is 0.359. The van der Waals surface area contributed by atoms with Gasteiger partial charge in [0.1, 0.15) is 5.82 Å². The number of aryl methyl sites for hydroxylation is 1. The maximum Gasteiger partial charge on any atom is 0.216 e. The highest BCUT2D eigenvalue weighted by atomic mass is 16.5. The molecule has 2 aromatic heterocycles. The zero-order valence-electron chi connectivity index (χ0n) is 14.9. The van der Waals surface area contributed by atoms with E-state index in [1.807, 2.05) is 43.0 Å². The lowest BCUT2D eigenvalue weighted by molar-refractivity contribution is 0.368. The van der Waals surface area contributed by atoms with Crippen LogP contribution < -0.4 is 15.0 Å². The lowest BCUT2D eigenvalue weighted by Gasteiger charge is -2.16. The van der Waals surface area contributed by atoms with E-state index in [0.717, 1.165) is 29.5 Å². The van der Waals surface area contributed by atoms with Crippen LogP contribution in [0.2, 0.25) is 0 Å². The van der Waals surface area contributed by atoms with Crippen LogP contribution in [-0.4, -0.2) is 36.0 Å². The van der Waals surface area contributed by atoms with Gasteiger partial charge in [-0.3, -0.25) is 0 Å². The highest BCUT2D eigenvalue weighted by molar-refractivity contribution is 5.45. The number of nitrogens with zero attached hydrogens (tertiary/aromatic N) is 4. The Morgan fingerprint density at radius 2 is 2.04 bits per heavy atom. The zero-order chi connectivity index (χ0) is 17.0. The van der Waals surface area contributed by atoms with Crippen molar-refractivity contribution in [3.05, 3.63) is 35.2 Å². The Balaban J connectivity index is 2.13. The van der Waals surface area contributed by atoms with Gasteiger partial charge in [-0.25, -0.2) is 9.67 Å². The van der Waals surface area contributed by atoms with Crippen molar-refractivity contribution >= 4 is 5.82 Å². The average molecular weight is 317 g/mol. The molecule has 2 aromatic rings. The molecule has 0 aliphatic rings. The molecule has 126 valence electrons. The Hall–Kier alpha value is -2.08. The molecule has 2 rings (SSSR count). The van der Waals surface area contributed by atoms with Crippen LogP contribution in [0.15, 0.2) is 18.3 Å². The van der Waals surface area contributed by atoms with Gasteiger partial charge in [-0.15, -0.1) is 0 Å². The van der Waals surface area contributed by atoms with Crippen LogP contribution in [0.3, 0.4) is 0 Å². The number of aromatic nitrogens is 3. The molecular weight excluding hydrogens is 290 g/mol. The summed E-state index contributed by atoms with van der Waals surface area (Å²) in [5, 5.41) is 8.08. The van der Waals surface area contributed by atoms with Gasteiger partial charge in [0.15, 0.2) is 0 Å². The van der Waals surface area contributed by atoms with Gasteiger partial charge < -0.3 is 15.0 Å². The second-order valence-corrected chi connectivity index (χ2v) is 6.14. The number of anilines is 1. The monoisotopic (exact) mass is 317 g/mol. The van der Waals surface area contributed by atoms with E-state index in [-0.39, 0.29) is 0 Å². The first-order valence-corrected chi connectivity index (χ1v) is 7.87. The topological polar surface area (TPSA) is 55.2 Å². The van der Waals surface area contributed by atoms with Crippen molar-refractivity contribution in [3.8, 4) is 5.88 Å². The molecule has 0 atom stereocenters. The van der Waals surface area contributed by atoms with Crippen LogP contribution in [0, 0.1) is 0 Å². The van der Waals surface area contributed by atoms with Crippen LogP contribution in [-0.2, 0) is 20.1 Å². The Bertz CT molecular complexity index is 648. The quantitative estimate of drug-likeness (QED) is 0.849. The van der Waals surface area contributed by atoms with Crippen molar-refractivity contribution in [1.82, 2.24) is 20.1 Å². The minimum atomic E-state index is 0.359. The Morgan fingerprint density at radius 3 is 2.65 bits per heavy atom. The van der Waals surface area contributed by atoms with Gasteiger partial charge in [-0.1, -0.05) is 19.9 Å². The third kappa shape index (κ3) is 3.82.